The molecule has 0 spiro atoms. The SMILES string of the molecule is NC(=O)c1ncccc1-c1cc(Cc2ccc(COc3ccccn3)cc2)no1. The van der Waals surface area contributed by atoms with Gasteiger partial charge in [0.15, 0.2) is 5.76 Å². The van der Waals surface area contributed by atoms with Crippen molar-refractivity contribution in [3.8, 4) is 17.2 Å². The van der Waals surface area contributed by atoms with Crippen molar-refractivity contribution < 1.29 is 14.1 Å². The summed E-state index contributed by atoms with van der Waals surface area (Å²) in [5.74, 6) is 0.446. The molecule has 0 radical (unpaired) electrons. The van der Waals surface area contributed by atoms with Crippen LogP contribution in [0.3, 0.4) is 0 Å². The summed E-state index contributed by atoms with van der Waals surface area (Å²) in [5, 5.41) is 4.10. The van der Waals surface area contributed by atoms with Crippen molar-refractivity contribution in [3.63, 3.8) is 0 Å². The van der Waals surface area contributed by atoms with Crippen LogP contribution < -0.4 is 10.5 Å². The van der Waals surface area contributed by atoms with E-state index in [1.807, 2.05) is 42.5 Å². The number of aromatic nitrogens is 3. The topological polar surface area (TPSA) is 104 Å². The van der Waals surface area contributed by atoms with Gasteiger partial charge in [-0.1, -0.05) is 35.5 Å². The zero-order valence-electron chi connectivity index (χ0n) is 15.5. The van der Waals surface area contributed by atoms with Crippen molar-refractivity contribution in [2.45, 2.75) is 13.0 Å². The predicted molar refractivity (Wildman–Crippen MR) is 106 cm³/mol. The molecule has 3 aromatic heterocycles. The third-order valence-electron chi connectivity index (χ3n) is 4.30. The molecule has 2 N–H and O–H groups in total. The monoisotopic (exact) mass is 386 g/mol. The highest BCUT2D eigenvalue weighted by molar-refractivity contribution is 5.97. The lowest BCUT2D eigenvalue weighted by Gasteiger charge is -2.05. The molecule has 1 amide bonds. The zero-order valence-corrected chi connectivity index (χ0v) is 15.5. The van der Waals surface area contributed by atoms with E-state index in [0.29, 0.717) is 30.2 Å². The van der Waals surface area contributed by atoms with Crippen LogP contribution in [-0.4, -0.2) is 21.0 Å². The molecule has 7 heteroatoms. The number of nitrogens with zero attached hydrogens (tertiary/aromatic N) is 3. The number of amides is 1. The summed E-state index contributed by atoms with van der Waals surface area (Å²) < 4.78 is 11.1. The fourth-order valence-corrected chi connectivity index (χ4v) is 2.87. The third-order valence-corrected chi connectivity index (χ3v) is 4.30. The Morgan fingerprint density at radius 1 is 0.966 bits per heavy atom. The van der Waals surface area contributed by atoms with Gasteiger partial charge in [0.25, 0.3) is 5.91 Å². The Balaban J connectivity index is 1.42. The van der Waals surface area contributed by atoms with Crippen LogP contribution in [0, 0.1) is 0 Å². The van der Waals surface area contributed by atoms with Gasteiger partial charge in [-0.3, -0.25) is 9.78 Å². The Hall–Kier alpha value is -4.00. The van der Waals surface area contributed by atoms with E-state index in [2.05, 4.69) is 15.1 Å². The van der Waals surface area contributed by atoms with Crippen molar-refractivity contribution in [1.82, 2.24) is 15.1 Å². The van der Waals surface area contributed by atoms with Gasteiger partial charge in [0.05, 0.1) is 11.3 Å². The van der Waals surface area contributed by atoms with Crippen molar-refractivity contribution in [3.05, 3.63) is 95.6 Å². The van der Waals surface area contributed by atoms with E-state index in [-0.39, 0.29) is 5.69 Å². The van der Waals surface area contributed by atoms with E-state index in [4.69, 9.17) is 15.0 Å². The lowest BCUT2D eigenvalue weighted by Crippen LogP contribution is -2.14. The Morgan fingerprint density at radius 3 is 2.52 bits per heavy atom. The number of rotatable bonds is 7. The molecule has 4 rings (SSSR count). The van der Waals surface area contributed by atoms with Crippen LogP contribution in [0.15, 0.2) is 77.6 Å². The van der Waals surface area contributed by atoms with Crippen molar-refractivity contribution in [2.24, 2.45) is 5.73 Å². The summed E-state index contributed by atoms with van der Waals surface area (Å²) in [6.45, 7) is 0.447. The van der Waals surface area contributed by atoms with E-state index < -0.39 is 5.91 Å². The molecule has 4 aromatic rings. The van der Waals surface area contributed by atoms with Gasteiger partial charge >= 0.3 is 0 Å². The van der Waals surface area contributed by atoms with Crippen LogP contribution in [-0.2, 0) is 13.0 Å². The molecule has 144 valence electrons. The summed E-state index contributed by atoms with van der Waals surface area (Å²) in [7, 11) is 0. The molecule has 0 aliphatic rings. The molecular formula is C22H18N4O3. The molecule has 0 atom stereocenters. The van der Waals surface area contributed by atoms with E-state index in [9.17, 15) is 4.79 Å². The summed E-state index contributed by atoms with van der Waals surface area (Å²) >= 11 is 0. The van der Waals surface area contributed by atoms with Crippen LogP contribution >= 0.6 is 0 Å². The second-order valence-corrected chi connectivity index (χ2v) is 6.40. The van der Waals surface area contributed by atoms with Gasteiger partial charge in [-0.15, -0.1) is 0 Å². The first kappa shape index (κ1) is 18.4. The Kier molecular flexibility index (Phi) is 5.29. The van der Waals surface area contributed by atoms with Gasteiger partial charge in [-0.05, 0) is 29.3 Å². The van der Waals surface area contributed by atoms with Crippen molar-refractivity contribution in [1.29, 1.82) is 0 Å². The summed E-state index contributed by atoms with van der Waals surface area (Å²) in [6, 6.07) is 18.8. The second-order valence-electron chi connectivity index (χ2n) is 6.40. The average Bonchev–Trinajstić information content (AvgIpc) is 3.22. The van der Waals surface area contributed by atoms with E-state index >= 15 is 0 Å². The predicted octanol–water partition coefficient (Wildman–Crippen LogP) is 3.40. The minimum absolute atomic E-state index is 0.160. The number of carbonyl (C=O) groups is 1. The number of hydrogen-bond donors (Lipinski definition) is 1. The molecule has 0 saturated heterocycles. The molecular weight excluding hydrogens is 368 g/mol. The lowest BCUT2D eigenvalue weighted by molar-refractivity contribution is 0.0996. The number of carbonyl (C=O) groups excluding carboxylic acids is 1. The molecule has 3 heterocycles. The number of primary amides is 1. The number of hydrogen-bond acceptors (Lipinski definition) is 6. The summed E-state index contributed by atoms with van der Waals surface area (Å²) in [6.07, 6.45) is 3.81. The van der Waals surface area contributed by atoms with Crippen molar-refractivity contribution >= 4 is 5.91 Å². The number of ether oxygens (including phenoxy) is 1. The molecule has 0 saturated carbocycles. The molecule has 0 aliphatic carbocycles. The molecule has 0 unspecified atom stereocenters. The van der Waals surface area contributed by atoms with E-state index in [1.165, 1.54) is 6.20 Å². The van der Waals surface area contributed by atoms with Crippen LogP contribution in [0.1, 0.15) is 27.3 Å². The van der Waals surface area contributed by atoms with E-state index in [0.717, 1.165) is 16.8 Å². The Labute approximate surface area is 167 Å². The average molecular weight is 386 g/mol. The van der Waals surface area contributed by atoms with Crippen LogP contribution in [0.5, 0.6) is 5.88 Å². The van der Waals surface area contributed by atoms with Gasteiger partial charge in [0, 0.05) is 30.9 Å². The van der Waals surface area contributed by atoms with E-state index in [1.54, 1.807) is 24.4 Å². The van der Waals surface area contributed by atoms with Gasteiger partial charge < -0.3 is 15.0 Å². The Morgan fingerprint density at radius 2 is 1.76 bits per heavy atom. The van der Waals surface area contributed by atoms with Crippen LogP contribution in [0.2, 0.25) is 0 Å². The normalized spacial score (nSPS) is 10.6. The smallest absolute Gasteiger partial charge is 0.268 e. The van der Waals surface area contributed by atoms with Crippen LogP contribution in [0.25, 0.3) is 11.3 Å². The lowest BCUT2D eigenvalue weighted by atomic mass is 10.1. The second kappa shape index (κ2) is 8.35. The third kappa shape index (κ3) is 4.47. The maximum Gasteiger partial charge on any atom is 0.268 e. The number of pyridine rings is 2. The van der Waals surface area contributed by atoms with Gasteiger partial charge in [-0.2, -0.15) is 0 Å². The van der Waals surface area contributed by atoms with Gasteiger partial charge in [0.2, 0.25) is 5.88 Å². The molecule has 0 aliphatic heterocycles. The quantitative estimate of drug-likeness (QED) is 0.522. The highest BCUT2D eigenvalue weighted by atomic mass is 16.5. The first-order valence-electron chi connectivity index (χ1n) is 9.01. The fourth-order valence-electron chi connectivity index (χ4n) is 2.87. The zero-order chi connectivity index (χ0) is 20.1. The fraction of sp³-hybridized carbons (Fsp3) is 0.0909. The molecule has 29 heavy (non-hydrogen) atoms. The highest BCUT2D eigenvalue weighted by Gasteiger charge is 2.15. The largest absolute Gasteiger partial charge is 0.473 e. The number of nitrogens with two attached hydrogens (primary N) is 1. The minimum atomic E-state index is -0.609. The molecule has 7 nitrogen and oxygen atoms in total. The standard InChI is InChI=1S/C22H18N4O3/c23-22(27)21-18(4-3-11-25-21)19-13-17(26-29-19)12-15-6-8-16(9-7-15)14-28-20-5-1-2-10-24-20/h1-11,13H,12,14H2,(H2,23,27). The highest BCUT2D eigenvalue weighted by Crippen LogP contribution is 2.24. The Bertz CT molecular complexity index is 1110. The molecule has 1 aromatic carbocycles. The summed E-state index contributed by atoms with van der Waals surface area (Å²) in [5.41, 5.74) is 8.94. The number of benzene rings is 1. The van der Waals surface area contributed by atoms with Crippen LogP contribution in [0.4, 0.5) is 0 Å². The molecule has 0 fully saturated rings. The molecule has 0 bridgehead atoms. The maximum absolute atomic E-state index is 11.6. The summed E-state index contributed by atoms with van der Waals surface area (Å²) in [4.78, 5) is 19.7. The minimum Gasteiger partial charge on any atom is -0.473 e. The van der Waals surface area contributed by atoms with Gasteiger partial charge in [0.1, 0.15) is 12.3 Å². The maximum atomic E-state index is 11.6. The van der Waals surface area contributed by atoms with Crippen molar-refractivity contribution in [2.75, 3.05) is 0 Å². The first-order valence-corrected chi connectivity index (χ1v) is 9.01. The van der Waals surface area contributed by atoms with Gasteiger partial charge in [-0.25, -0.2) is 4.98 Å². The first-order chi connectivity index (χ1) is 14.2.